The smallest absolute Gasteiger partial charge is 0.411 e. The van der Waals surface area contributed by atoms with E-state index in [9.17, 15) is 14.7 Å². The number of nitrogens with one attached hydrogen (secondary N) is 1. The van der Waals surface area contributed by atoms with Crippen molar-refractivity contribution < 1.29 is 19.4 Å². The topological polar surface area (TPSA) is 78.5 Å². The molecule has 0 aromatic heterocycles. The van der Waals surface area contributed by atoms with E-state index in [4.69, 9.17) is 4.74 Å². The predicted octanol–water partition coefficient (Wildman–Crippen LogP) is 3.41. The van der Waals surface area contributed by atoms with E-state index in [-0.39, 0.29) is 23.8 Å². The van der Waals surface area contributed by atoms with Gasteiger partial charge in [0.05, 0.1) is 11.7 Å². The number of anilines is 1. The molecule has 0 radical (unpaired) electrons. The summed E-state index contributed by atoms with van der Waals surface area (Å²) in [4.78, 5) is 23.4. The maximum Gasteiger partial charge on any atom is 0.411 e. The number of aromatic carboxylic acids is 1. The second kappa shape index (κ2) is 6.96. The lowest BCUT2D eigenvalue weighted by Gasteiger charge is -2.16. The molecule has 3 aromatic carbocycles. The van der Waals surface area contributed by atoms with E-state index >= 15 is 0 Å². The first-order valence-corrected chi connectivity index (χ1v) is 8.57. The van der Waals surface area contributed by atoms with Crippen molar-refractivity contribution in [1.82, 2.24) is 0 Å². The van der Waals surface area contributed by atoms with E-state index in [1.54, 1.807) is 12.1 Å². The Morgan fingerprint density at radius 2 is 1.41 bits per heavy atom. The van der Waals surface area contributed by atoms with E-state index in [2.05, 4.69) is 17.4 Å². The van der Waals surface area contributed by atoms with Crippen molar-refractivity contribution >= 4 is 17.7 Å². The summed E-state index contributed by atoms with van der Waals surface area (Å²) >= 11 is 0. The summed E-state index contributed by atoms with van der Waals surface area (Å²) in [5, 5.41) is 13.6. The fourth-order valence-electron chi connectivity index (χ4n) is 3.51. The summed E-state index contributed by atoms with van der Waals surface area (Å²) in [5.41, 5.74) is 4.57. The molecule has 0 unspecified atom stereocenters. The molecule has 0 saturated carbocycles. The van der Waals surface area contributed by atoms with Crippen LogP contribution >= 0.6 is 0 Å². The third-order valence-corrected chi connectivity index (χ3v) is 4.73. The number of para-hydroxylation sites is 1. The van der Waals surface area contributed by atoms with Crippen molar-refractivity contribution in [2.24, 2.45) is 0 Å². The quantitative estimate of drug-likeness (QED) is 0.775. The van der Waals surface area contributed by atoms with Gasteiger partial charge in [0.2, 0.25) is 0 Å². The summed E-state index contributed by atoms with van der Waals surface area (Å²) in [6.45, 7) is 0.160. The molecule has 1 amide bonds. The van der Waals surface area contributed by atoms with Crippen molar-refractivity contribution in [1.29, 1.82) is 0 Å². The lowest BCUT2D eigenvalue weighted by Crippen LogP contribution is -2.25. The largest absolute Gasteiger partial charge is 0.545 e. The second-order valence-corrected chi connectivity index (χ2v) is 6.28. The predicted molar refractivity (Wildman–Crippen MR) is 99.5 cm³/mol. The maximum atomic E-state index is 12.2. The van der Waals surface area contributed by atoms with Crippen LogP contribution in [0.25, 0.3) is 11.1 Å². The number of carboxylic acid groups (broad SMARTS) is 1. The molecular weight excluding hydrogens is 342 g/mol. The second-order valence-electron chi connectivity index (χ2n) is 6.28. The van der Waals surface area contributed by atoms with Gasteiger partial charge in [0, 0.05) is 11.5 Å². The van der Waals surface area contributed by atoms with Crippen molar-refractivity contribution in [3.63, 3.8) is 0 Å². The Bertz CT molecular complexity index is 983. The standard InChI is InChI=1S/C22H17NO4/c24-21(25)18-11-5-6-12-20(18)23-22(26)27-13-19-16-9-3-1-7-14(16)15-8-2-4-10-17(15)19/h1-12,19H,13H2,(H,23,26)(H,24,25)/p-1. The van der Waals surface area contributed by atoms with E-state index in [0.29, 0.717) is 0 Å². The SMILES string of the molecule is O=C(Nc1ccccc1C(=O)[O-])OCC1c2ccccc2-c2ccccc21. The molecule has 0 fully saturated rings. The van der Waals surface area contributed by atoms with Gasteiger partial charge in [0.25, 0.3) is 0 Å². The van der Waals surface area contributed by atoms with Gasteiger partial charge < -0.3 is 14.6 Å². The molecule has 1 N–H and O–H groups in total. The number of fused-ring (bicyclic) bond motifs is 3. The van der Waals surface area contributed by atoms with Gasteiger partial charge >= 0.3 is 6.09 Å². The van der Waals surface area contributed by atoms with Crippen LogP contribution in [0.4, 0.5) is 10.5 Å². The Labute approximate surface area is 156 Å². The molecule has 0 atom stereocenters. The highest BCUT2D eigenvalue weighted by Gasteiger charge is 2.29. The third-order valence-electron chi connectivity index (χ3n) is 4.73. The molecule has 27 heavy (non-hydrogen) atoms. The van der Waals surface area contributed by atoms with Gasteiger partial charge in [-0.25, -0.2) is 4.79 Å². The molecule has 0 bridgehead atoms. The van der Waals surface area contributed by atoms with Gasteiger partial charge in [-0.3, -0.25) is 5.32 Å². The number of carbonyl (C=O) groups is 2. The molecule has 0 spiro atoms. The van der Waals surface area contributed by atoms with Crippen LogP contribution in [0.2, 0.25) is 0 Å². The van der Waals surface area contributed by atoms with Crippen LogP contribution < -0.4 is 10.4 Å². The molecule has 5 nitrogen and oxygen atoms in total. The van der Waals surface area contributed by atoms with Crippen LogP contribution in [0, 0.1) is 0 Å². The Balaban J connectivity index is 1.51. The molecule has 1 aliphatic rings. The number of hydrogen-bond acceptors (Lipinski definition) is 4. The molecule has 5 heteroatoms. The first-order chi connectivity index (χ1) is 13.1. The first kappa shape index (κ1) is 16.8. The van der Waals surface area contributed by atoms with Crippen LogP contribution in [-0.2, 0) is 4.74 Å². The first-order valence-electron chi connectivity index (χ1n) is 8.57. The van der Waals surface area contributed by atoms with Gasteiger partial charge in [0.1, 0.15) is 6.61 Å². The molecular formula is C22H16NO4-. The van der Waals surface area contributed by atoms with E-state index < -0.39 is 12.1 Å². The summed E-state index contributed by atoms with van der Waals surface area (Å²) in [6, 6.07) is 22.2. The monoisotopic (exact) mass is 358 g/mol. The van der Waals surface area contributed by atoms with E-state index in [0.717, 1.165) is 22.3 Å². The summed E-state index contributed by atoms with van der Waals surface area (Å²) in [5.74, 6) is -1.41. The fourth-order valence-corrected chi connectivity index (χ4v) is 3.51. The van der Waals surface area contributed by atoms with Crippen molar-refractivity contribution in [2.75, 3.05) is 11.9 Å². The van der Waals surface area contributed by atoms with E-state index in [1.807, 2.05) is 36.4 Å². The Kier molecular flexibility index (Phi) is 4.34. The number of ether oxygens (including phenoxy) is 1. The normalized spacial score (nSPS) is 12.1. The minimum absolute atomic E-state index is 0.0560. The molecule has 0 saturated heterocycles. The Hall–Kier alpha value is -3.60. The average molecular weight is 358 g/mol. The Morgan fingerprint density at radius 1 is 0.852 bits per heavy atom. The summed E-state index contributed by atoms with van der Waals surface area (Å²) in [6.07, 6.45) is -0.703. The number of carbonyl (C=O) groups excluding carboxylic acids is 2. The molecule has 134 valence electrons. The molecule has 1 aliphatic carbocycles. The third kappa shape index (κ3) is 3.15. The lowest BCUT2D eigenvalue weighted by atomic mass is 9.98. The highest BCUT2D eigenvalue weighted by atomic mass is 16.5. The van der Waals surface area contributed by atoms with E-state index in [1.165, 1.54) is 12.1 Å². The van der Waals surface area contributed by atoms with Crippen LogP contribution in [-0.4, -0.2) is 18.7 Å². The lowest BCUT2D eigenvalue weighted by molar-refractivity contribution is -0.254. The van der Waals surface area contributed by atoms with Crippen LogP contribution in [0.3, 0.4) is 0 Å². The zero-order valence-corrected chi connectivity index (χ0v) is 14.3. The minimum atomic E-state index is -1.36. The number of carboxylic acids is 1. The zero-order chi connectivity index (χ0) is 18.8. The van der Waals surface area contributed by atoms with Gasteiger partial charge in [0.15, 0.2) is 0 Å². The number of benzene rings is 3. The highest BCUT2D eigenvalue weighted by molar-refractivity contribution is 5.97. The summed E-state index contributed by atoms with van der Waals surface area (Å²) < 4.78 is 5.41. The minimum Gasteiger partial charge on any atom is -0.545 e. The molecule has 3 aromatic rings. The van der Waals surface area contributed by atoms with Gasteiger partial charge in [-0.05, 0) is 28.3 Å². The summed E-state index contributed by atoms with van der Waals surface area (Å²) in [7, 11) is 0. The van der Waals surface area contributed by atoms with Gasteiger partial charge in [-0.1, -0.05) is 66.7 Å². The van der Waals surface area contributed by atoms with Crippen LogP contribution in [0.5, 0.6) is 0 Å². The maximum absolute atomic E-state index is 12.2. The molecule has 4 rings (SSSR count). The van der Waals surface area contributed by atoms with Gasteiger partial charge in [-0.2, -0.15) is 0 Å². The average Bonchev–Trinajstić information content (AvgIpc) is 3.00. The molecule has 0 heterocycles. The van der Waals surface area contributed by atoms with Crippen LogP contribution in [0.1, 0.15) is 27.4 Å². The number of rotatable bonds is 4. The van der Waals surface area contributed by atoms with Crippen molar-refractivity contribution in [3.8, 4) is 11.1 Å². The van der Waals surface area contributed by atoms with Crippen molar-refractivity contribution in [3.05, 3.63) is 89.5 Å². The highest BCUT2D eigenvalue weighted by Crippen LogP contribution is 2.44. The van der Waals surface area contributed by atoms with Crippen molar-refractivity contribution in [2.45, 2.75) is 5.92 Å². The fraction of sp³-hybridized carbons (Fsp3) is 0.0909. The Morgan fingerprint density at radius 3 is 2.04 bits per heavy atom. The number of hydrogen-bond donors (Lipinski definition) is 1. The molecule has 0 aliphatic heterocycles. The van der Waals surface area contributed by atoms with Gasteiger partial charge in [-0.15, -0.1) is 0 Å². The zero-order valence-electron chi connectivity index (χ0n) is 14.3. The van der Waals surface area contributed by atoms with Crippen LogP contribution in [0.15, 0.2) is 72.8 Å². The number of amides is 1.